The molecule has 0 aromatic rings. The molecule has 2 aliphatic heterocycles. The summed E-state index contributed by atoms with van der Waals surface area (Å²) in [6.45, 7) is 11.6. The summed E-state index contributed by atoms with van der Waals surface area (Å²) in [7, 11) is 0. The van der Waals surface area contributed by atoms with Crippen LogP contribution in [0, 0.1) is 5.92 Å². The van der Waals surface area contributed by atoms with Gasteiger partial charge in [0, 0.05) is 57.3 Å². The maximum Gasteiger partial charge on any atom is 0.234 e. The van der Waals surface area contributed by atoms with Crippen LogP contribution in [-0.2, 0) is 14.3 Å². The van der Waals surface area contributed by atoms with Crippen LogP contribution in [0.4, 0.5) is 0 Å². The van der Waals surface area contributed by atoms with Crippen LogP contribution < -0.4 is 5.32 Å². The minimum Gasteiger partial charge on any atom is -0.379 e. The molecule has 28 heavy (non-hydrogen) atoms. The summed E-state index contributed by atoms with van der Waals surface area (Å²) < 4.78 is 5.54. The molecule has 1 aliphatic carbocycles. The zero-order valence-electron chi connectivity index (χ0n) is 17.8. The summed E-state index contributed by atoms with van der Waals surface area (Å²) in [4.78, 5) is 31.4. The quantitative estimate of drug-likeness (QED) is 0.726. The fraction of sp³-hybridized carbons (Fsp3) is 0.905. The molecule has 0 aromatic heterocycles. The third kappa shape index (κ3) is 5.45. The Morgan fingerprint density at radius 2 is 1.61 bits per heavy atom. The van der Waals surface area contributed by atoms with E-state index in [0.717, 1.165) is 59.0 Å². The Kier molecular flexibility index (Phi) is 7.71. The van der Waals surface area contributed by atoms with Gasteiger partial charge in [-0.15, -0.1) is 0 Å². The molecule has 0 radical (unpaired) electrons. The standard InChI is InChI=1S/C21H38N4O3/c1-18(2)20(27)24-10-8-23(9-11-24)16-19(26)22-17-21(6-4-3-5-7-21)25-12-14-28-15-13-25/h18H,3-17H2,1-2H3,(H,22,26). The van der Waals surface area contributed by atoms with Crippen molar-refractivity contribution < 1.29 is 14.3 Å². The SMILES string of the molecule is CC(C)C(=O)N1CCN(CC(=O)NCC2(N3CCOCC3)CCCCC2)CC1. The highest BCUT2D eigenvalue weighted by Crippen LogP contribution is 2.33. The van der Waals surface area contributed by atoms with Gasteiger partial charge in [0.25, 0.3) is 0 Å². The van der Waals surface area contributed by atoms with Crippen molar-refractivity contribution >= 4 is 11.8 Å². The lowest BCUT2D eigenvalue weighted by Gasteiger charge is -2.48. The van der Waals surface area contributed by atoms with Crippen LogP contribution in [0.3, 0.4) is 0 Å². The first-order valence-electron chi connectivity index (χ1n) is 11.1. The monoisotopic (exact) mass is 394 g/mol. The lowest BCUT2D eigenvalue weighted by molar-refractivity contribution is -0.136. The van der Waals surface area contributed by atoms with E-state index in [0.29, 0.717) is 6.54 Å². The van der Waals surface area contributed by atoms with Gasteiger partial charge < -0.3 is 15.0 Å². The zero-order chi connectivity index (χ0) is 20.0. The molecule has 1 N–H and O–H groups in total. The smallest absolute Gasteiger partial charge is 0.234 e. The van der Waals surface area contributed by atoms with Gasteiger partial charge in [-0.2, -0.15) is 0 Å². The fourth-order valence-corrected chi connectivity index (χ4v) is 4.87. The number of carbonyl (C=O) groups is 2. The molecule has 3 rings (SSSR count). The summed E-state index contributed by atoms with van der Waals surface area (Å²) in [5, 5.41) is 3.25. The Bertz CT molecular complexity index is 520. The van der Waals surface area contributed by atoms with Gasteiger partial charge >= 0.3 is 0 Å². The lowest BCUT2D eigenvalue weighted by Crippen LogP contribution is -2.60. The average Bonchev–Trinajstić information content (AvgIpc) is 2.73. The van der Waals surface area contributed by atoms with Crippen LogP contribution in [0.25, 0.3) is 0 Å². The van der Waals surface area contributed by atoms with Gasteiger partial charge in [0.1, 0.15) is 0 Å². The van der Waals surface area contributed by atoms with Gasteiger partial charge in [-0.3, -0.25) is 19.4 Å². The molecule has 7 nitrogen and oxygen atoms in total. The van der Waals surface area contributed by atoms with E-state index in [4.69, 9.17) is 4.74 Å². The molecule has 0 bridgehead atoms. The highest BCUT2D eigenvalue weighted by Gasteiger charge is 2.39. The highest BCUT2D eigenvalue weighted by molar-refractivity contribution is 5.79. The predicted molar refractivity (Wildman–Crippen MR) is 109 cm³/mol. The third-order valence-electron chi connectivity index (χ3n) is 6.63. The first-order valence-corrected chi connectivity index (χ1v) is 11.1. The maximum absolute atomic E-state index is 12.6. The van der Waals surface area contributed by atoms with Gasteiger partial charge in [-0.25, -0.2) is 0 Å². The molecule has 0 aromatic carbocycles. The Morgan fingerprint density at radius 3 is 2.21 bits per heavy atom. The summed E-state index contributed by atoms with van der Waals surface area (Å²) >= 11 is 0. The number of rotatable bonds is 6. The third-order valence-corrected chi connectivity index (χ3v) is 6.63. The van der Waals surface area contributed by atoms with E-state index in [-0.39, 0.29) is 23.3 Å². The molecule has 1 saturated carbocycles. The minimum atomic E-state index is 0.0433. The normalized spacial score (nSPS) is 24.3. The van der Waals surface area contributed by atoms with Crippen molar-refractivity contribution in [2.45, 2.75) is 51.5 Å². The van der Waals surface area contributed by atoms with E-state index in [1.807, 2.05) is 18.7 Å². The second-order valence-corrected chi connectivity index (χ2v) is 8.92. The van der Waals surface area contributed by atoms with Crippen molar-refractivity contribution in [3.8, 4) is 0 Å². The van der Waals surface area contributed by atoms with Gasteiger partial charge in [-0.05, 0) is 12.8 Å². The number of nitrogens with one attached hydrogen (secondary N) is 1. The first-order chi connectivity index (χ1) is 13.5. The van der Waals surface area contributed by atoms with Crippen LogP contribution in [0.2, 0.25) is 0 Å². The predicted octanol–water partition coefficient (Wildman–Crippen LogP) is 0.938. The summed E-state index contributed by atoms with van der Waals surface area (Å²) in [5.41, 5.74) is 0.111. The molecule has 0 atom stereocenters. The van der Waals surface area contributed by atoms with Crippen LogP contribution in [0.15, 0.2) is 0 Å². The molecule has 2 amide bonds. The fourth-order valence-electron chi connectivity index (χ4n) is 4.87. The van der Waals surface area contributed by atoms with Gasteiger partial charge in [-0.1, -0.05) is 33.1 Å². The molecule has 3 aliphatic rings. The van der Waals surface area contributed by atoms with E-state index in [1.54, 1.807) is 0 Å². The average molecular weight is 395 g/mol. The second kappa shape index (κ2) is 10.0. The van der Waals surface area contributed by atoms with E-state index in [2.05, 4.69) is 15.1 Å². The van der Waals surface area contributed by atoms with Crippen molar-refractivity contribution in [1.82, 2.24) is 20.0 Å². The van der Waals surface area contributed by atoms with E-state index < -0.39 is 0 Å². The molecule has 2 heterocycles. The van der Waals surface area contributed by atoms with Crippen LogP contribution in [0.1, 0.15) is 46.0 Å². The van der Waals surface area contributed by atoms with E-state index >= 15 is 0 Å². The zero-order valence-corrected chi connectivity index (χ0v) is 17.8. The summed E-state index contributed by atoms with van der Waals surface area (Å²) in [5.74, 6) is 0.373. The van der Waals surface area contributed by atoms with Crippen molar-refractivity contribution in [1.29, 1.82) is 0 Å². The van der Waals surface area contributed by atoms with Gasteiger partial charge in [0.2, 0.25) is 11.8 Å². The number of hydrogen-bond acceptors (Lipinski definition) is 5. The maximum atomic E-state index is 12.6. The molecule has 2 saturated heterocycles. The molecule has 3 fully saturated rings. The lowest BCUT2D eigenvalue weighted by atomic mass is 9.79. The largest absolute Gasteiger partial charge is 0.379 e. The number of amides is 2. The van der Waals surface area contributed by atoms with Crippen LogP contribution >= 0.6 is 0 Å². The van der Waals surface area contributed by atoms with Crippen molar-refractivity contribution in [2.75, 3.05) is 65.6 Å². The van der Waals surface area contributed by atoms with Gasteiger partial charge in [0.15, 0.2) is 0 Å². The number of ether oxygens (including phenoxy) is 1. The minimum absolute atomic E-state index is 0.0433. The number of carbonyl (C=O) groups excluding carboxylic acids is 2. The first kappa shape index (κ1) is 21.5. The van der Waals surface area contributed by atoms with E-state index in [1.165, 1.54) is 32.1 Å². The number of nitrogens with zero attached hydrogens (tertiary/aromatic N) is 3. The molecule has 7 heteroatoms. The number of hydrogen-bond donors (Lipinski definition) is 1. The Labute approximate surface area is 169 Å². The molecule has 160 valence electrons. The molecule has 0 spiro atoms. The number of morpholine rings is 1. The van der Waals surface area contributed by atoms with Gasteiger partial charge in [0.05, 0.1) is 19.8 Å². The topological polar surface area (TPSA) is 65.1 Å². The second-order valence-electron chi connectivity index (χ2n) is 8.92. The van der Waals surface area contributed by atoms with Crippen molar-refractivity contribution in [3.63, 3.8) is 0 Å². The number of piperazine rings is 1. The van der Waals surface area contributed by atoms with Crippen LogP contribution in [0.5, 0.6) is 0 Å². The van der Waals surface area contributed by atoms with Crippen molar-refractivity contribution in [2.24, 2.45) is 5.92 Å². The van der Waals surface area contributed by atoms with Crippen LogP contribution in [-0.4, -0.2) is 97.6 Å². The molecular weight excluding hydrogens is 356 g/mol. The van der Waals surface area contributed by atoms with Crippen molar-refractivity contribution in [3.05, 3.63) is 0 Å². The van der Waals surface area contributed by atoms with E-state index in [9.17, 15) is 9.59 Å². The Balaban J connectivity index is 1.45. The Morgan fingerprint density at radius 1 is 0.964 bits per heavy atom. The summed E-state index contributed by atoms with van der Waals surface area (Å²) in [6.07, 6.45) is 6.14. The molecule has 0 unspecified atom stereocenters. The Hall–Kier alpha value is -1.18. The molecular formula is C21H38N4O3. The highest BCUT2D eigenvalue weighted by atomic mass is 16.5. The summed E-state index contributed by atoms with van der Waals surface area (Å²) in [6, 6.07) is 0.